The average molecular weight is 989 g/mol. The Labute approximate surface area is 406 Å². The minimum Gasteiger partial charge on any atom is -0.457 e. The molecular weight excluding hydrogens is 905 g/mol. The number of fused-ring (bicyclic) bond motifs is 5. The molecule has 0 aromatic heterocycles. The van der Waals surface area contributed by atoms with E-state index in [4.69, 9.17) is 37.9 Å². The quantitative estimate of drug-likeness (QED) is 0.107. The lowest BCUT2D eigenvalue weighted by molar-refractivity contribution is -0.373. The van der Waals surface area contributed by atoms with E-state index in [1.165, 1.54) is 13.8 Å². The zero-order valence-electron chi connectivity index (χ0n) is 42.3. The Balaban J connectivity index is 1.15. The smallest absolute Gasteiger partial charge is 0.303 e. The monoisotopic (exact) mass is 989 g/mol. The van der Waals surface area contributed by atoms with Crippen molar-refractivity contribution in [2.24, 2.45) is 44.8 Å². The topological polar surface area (TPSA) is 293 Å². The number of aliphatic hydroxyl groups excluding tert-OH is 9. The molecule has 8 aliphatic rings. The van der Waals surface area contributed by atoms with Crippen molar-refractivity contribution < 1.29 is 93.8 Å². The van der Waals surface area contributed by atoms with E-state index in [0.29, 0.717) is 38.5 Å². The van der Waals surface area contributed by atoms with Gasteiger partial charge in [0.1, 0.15) is 54.9 Å². The summed E-state index contributed by atoms with van der Waals surface area (Å²) < 4.78 is 50.4. The fraction of sp³-hybridized carbons (Fsp3) is 0.980. The summed E-state index contributed by atoms with van der Waals surface area (Å²) in [5.41, 5.74) is -4.39. The van der Waals surface area contributed by atoms with Gasteiger partial charge in [-0.25, -0.2) is 0 Å². The molecule has 8 fully saturated rings. The molecule has 26 atom stereocenters. The summed E-state index contributed by atoms with van der Waals surface area (Å²) in [6.07, 6.45) is -17.9. The molecule has 4 heterocycles. The van der Waals surface area contributed by atoms with Crippen LogP contribution in [0.25, 0.3) is 0 Å². The zero-order chi connectivity index (χ0) is 50.9. The molecule has 0 aromatic carbocycles. The minimum atomic E-state index is -1.73. The second-order valence-electron chi connectivity index (χ2n) is 24.8. The van der Waals surface area contributed by atoms with Gasteiger partial charge >= 0.3 is 5.97 Å². The highest BCUT2D eigenvalue weighted by molar-refractivity contribution is 5.66. The van der Waals surface area contributed by atoms with Crippen LogP contribution in [0.2, 0.25) is 0 Å². The molecule has 0 radical (unpaired) electrons. The summed E-state index contributed by atoms with van der Waals surface area (Å²) in [7, 11) is 0. The highest BCUT2D eigenvalue weighted by Gasteiger charge is 2.77. The lowest BCUT2D eigenvalue weighted by Gasteiger charge is -2.73. The van der Waals surface area contributed by atoms with Crippen molar-refractivity contribution in [2.75, 3.05) is 13.2 Å². The minimum absolute atomic E-state index is 0.0751. The lowest BCUT2D eigenvalue weighted by atomic mass is 9.32. The molecule has 0 bridgehead atoms. The Morgan fingerprint density at radius 1 is 0.667 bits per heavy atom. The number of ether oxygens (including phenoxy) is 8. The van der Waals surface area contributed by atoms with Crippen LogP contribution in [-0.4, -0.2) is 192 Å². The van der Waals surface area contributed by atoms with Crippen LogP contribution in [0.1, 0.15) is 128 Å². The first kappa shape index (κ1) is 54.1. The molecule has 26 unspecified atom stereocenters. The third-order valence-corrected chi connectivity index (χ3v) is 20.1. The Morgan fingerprint density at radius 3 is 1.88 bits per heavy atom. The van der Waals surface area contributed by atoms with Crippen LogP contribution in [0, 0.1) is 44.8 Å². The summed E-state index contributed by atoms with van der Waals surface area (Å²) in [5, 5.41) is 111. The Morgan fingerprint density at radius 2 is 1.28 bits per heavy atom. The molecule has 69 heavy (non-hydrogen) atoms. The number of rotatable bonds is 10. The lowest BCUT2D eigenvalue weighted by Crippen LogP contribution is -2.71. The zero-order valence-corrected chi connectivity index (χ0v) is 42.3. The number of hydrogen-bond donors (Lipinski definition) is 10. The van der Waals surface area contributed by atoms with Crippen molar-refractivity contribution in [3.63, 3.8) is 0 Å². The van der Waals surface area contributed by atoms with E-state index in [2.05, 4.69) is 48.5 Å². The van der Waals surface area contributed by atoms with E-state index >= 15 is 0 Å². The number of carbonyl (C=O) groups excluding carboxylic acids is 1. The van der Waals surface area contributed by atoms with Crippen molar-refractivity contribution in [1.29, 1.82) is 0 Å². The van der Waals surface area contributed by atoms with Gasteiger partial charge in [-0.15, -0.1) is 0 Å². The maximum absolute atomic E-state index is 12.4. The van der Waals surface area contributed by atoms with Gasteiger partial charge in [-0.05, 0) is 118 Å². The first-order chi connectivity index (χ1) is 31.9. The van der Waals surface area contributed by atoms with Gasteiger partial charge in [-0.3, -0.25) is 4.79 Å². The second kappa shape index (κ2) is 18.6. The normalized spacial score (nSPS) is 55.4. The van der Waals surface area contributed by atoms with Crippen molar-refractivity contribution in [1.82, 2.24) is 0 Å². The molecule has 0 aromatic rings. The first-order valence-electron chi connectivity index (χ1n) is 25.4. The first-order valence-corrected chi connectivity index (χ1v) is 25.4. The predicted molar refractivity (Wildman–Crippen MR) is 241 cm³/mol. The summed E-state index contributed by atoms with van der Waals surface area (Å²) >= 11 is 0. The van der Waals surface area contributed by atoms with Gasteiger partial charge < -0.3 is 89.0 Å². The maximum atomic E-state index is 12.4. The molecule has 4 saturated heterocycles. The molecule has 4 saturated carbocycles. The largest absolute Gasteiger partial charge is 0.457 e. The highest BCUT2D eigenvalue weighted by atomic mass is 16.8. The average Bonchev–Trinajstić information content (AvgIpc) is 3.77. The van der Waals surface area contributed by atoms with Crippen molar-refractivity contribution in [2.45, 2.75) is 249 Å². The van der Waals surface area contributed by atoms with Gasteiger partial charge in [0.15, 0.2) is 25.0 Å². The maximum Gasteiger partial charge on any atom is 0.303 e. The van der Waals surface area contributed by atoms with Crippen LogP contribution in [-0.2, 0) is 42.7 Å². The molecule has 10 N–H and O–H groups in total. The Bertz CT molecular complexity index is 1850. The molecule has 19 heteroatoms. The van der Waals surface area contributed by atoms with Gasteiger partial charge in [0, 0.05) is 12.8 Å². The summed E-state index contributed by atoms with van der Waals surface area (Å²) in [5.74, 6) is -1.38. The molecule has 4 aliphatic carbocycles. The molecule has 19 nitrogen and oxygen atoms in total. The Hall–Kier alpha value is -1.21. The van der Waals surface area contributed by atoms with Crippen LogP contribution < -0.4 is 0 Å². The molecule has 0 amide bonds. The third kappa shape index (κ3) is 8.58. The van der Waals surface area contributed by atoms with Gasteiger partial charge in [0.05, 0.1) is 54.9 Å². The number of hydrogen-bond acceptors (Lipinski definition) is 19. The summed E-state index contributed by atoms with van der Waals surface area (Å²) in [6, 6.07) is 0. The van der Waals surface area contributed by atoms with Crippen LogP contribution in [0.15, 0.2) is 0 Å². The van der Waals surface area contributed by atoms with Gasteiger partial charge in [0.25, 0.3) is 0 Å². The van der Waals surface area contributed by atoms with E-state index in [-0.39, 0.29) is 35.9 Å². The second-order valence-corrected chi connectivity index (χ2v) is 24.8. The molecule has 4 aliphatic heterocycles. The van der Waals surface area contributed by atoms with Crippen LogP contribution in [0.4, 0.5) is 0 Å². The highest BCUT2D eigenvalue weighted by Crippen LogP contribution is 2.79. The van der Waals surface area contributed by atoms with Crippen LogP contribution >= 0.6 is 0 Å². The van der Waals surface area contributed by atoms with Crippen LogP contribution in [0.5, 0.6) is 0 Å². The van der Waals surface area contributed by atoms with Crippen molar-refractivity contribution in [3.05, 3.63) is 0 Å². The molecule has 398 valence electrons. The summed E-state index contributed by atoms with van der Waals surface area (Å²) in [4.78, 5) is 12.1. The van der Waals surface area contributed by atoms with Crippen molar-refractivity contribution in [3.8, 4) is 0 Å². The Kier molecular flexibility index (Phi) is 14.5. The third-order valence-electron chi connectivity index (χ3n) is 20.1. The molecule has 0 spiro atoms. The molecule has 8 rings (SSSR count). The van der Waals surface area contributed by atoms with Crippen molar-refractivity contribution >= 4 is 5.97 Å². The van der Waals surface area contributed by atoms with E-state index in [1.807, 2.05) is 0 Å². The molecular formula is C50H84O19. The number of aliphatic hydroxyl groups is 10. The fourth-order valence-electron chi connectivity index (χ4n) is 16.2. The predicted octanol–water partition coefficient (Wildman–Crippen LogP) is 0.783. The van der Waals surface area contributed by atoms with Gasteiger partial charge in [0.2, 0.25) is 0 Å². The SMILES string of the molecule is CC(=O)OC1COC(OC2CCC3(C)C(C(OC4OC(CO)C(O)C(O)C4O)CC4C5(C)CC(O)C(C6(C)CCC(C(C)(C)O)O6)C5(C)CCC43C)C2(C)C)C(OC2OC(C)C(O)C(O)C2O)C1O. The van der Waals surface area contributed by atoms with E-state index in [9.17, 15) is 55.9 Å². The van der Waals surface area contributed by atoms with E-state index < -0.39 is 150 Å². The summed E-state index contributed by atoms with van der Waals surface area (Å²) in [6.45, 7) is 20.8. The number of carbonyl (C=O) groups is 1. The fourth-order valence-corrected chi connectivity index (χ4v) is 16.2. The van der Waals surface area contributed by atoms with Gasteiger partial charge in [-0.2, -0.15) is 0 Å². The standard InChI is InChI=1S/C50H84O19/c1-22-31(54)34(57)36(59)41(63-22)68-38-33(56)27(64-23(2)52)21-62-43(38)67-29-12-14-47(8)40(44(29,3)4)25(65-42-37(60)35(58)32(55)26(20-51)66-42)18-28-46(47,7)16-17-48(9)39(24(53)19-49(28,48)10)50(11)15-13-30(69-50)45(5,6)61/h22,24-43,51,53-61H,12-21H2,1-11H3. The van der Waals surface area contributed by atoms with E-state index in [1.54, 1.807) is 13.8 Å². The van der Waals surface area contributed by atoms with Gasteiger partial charge in [-0.1, -0.05) is 41.5 Å². The van der Waals surface area contributed by atoms with Crippen LogP contribution in [0.3, 0.4) is 0 Å². The number of esters is 1. The van der Waals surface area contributed by atoms with E-state index in [0.717, 1.165) is 12.8 Å².